The van der Waals surface area contributed by atoms with Gasteiger partial charge in [-0.1, -0.05) is 34.5 Å². The van der Waals surface area contributed by atoms with Crippen molar-refractivity contribution < 1.29 is 4.79 Å². The van der Waals surface area contributed by atoms with Gasteiger partial charge in [-0.2, -0.15) is 0 Å². The number of benzene rings is 1. The molecular formula is C14H20BrClN2O. The molecule has 1 saturated carbocycles. The first-order valence-electron chi connectivity index (χ1n) is 6.33. The monoisotopic (exact) mass is 346 g/mol. The molecule has 1 aliphatic carbocycles. The van der Waals surface area contributed by atoms with Gasteiger partial charge < -0.3 is 11.1 Å². The Bertz CT molecular complexity index is 447. The van der Waals surface area contributed by atoms with Gasteiger partial charge in [-0.3, -0.25) is 4.79 Å². The predicted molar refractivity (Wildman–Crippen MR) is 83.6 cm³/mol. The van der Waals surface area contributed by atoms with Crippen LogP contribution in [0.25, 0.3) is 0 Å². The van der Waals surface area contributed by atoms with E-state index in [1.807, 2.05) is 12.1 Å². The number of carbonyl (C=O) groups is 1. The van der Waals surface area contributed by atoms with Gasteiger partial charge >= 0.3 is 0 Å². The van der Waals surface area contributed by atoms with Crippen LogP contribution in [-0.4, -0.2) is 18.5 Å². The first-order valence-corrected chi connectivity index (χ1v) is 7.12. The van der Waals surface area contributed by atoms with Gasteiger partial charge in [-0.15, -0.1) is 12.4 Å². The zero-order valence-electron chi connectivity index (χ0n) is 11.0. The topological polar surface area (TPSA) is 55.1 Å². The van der Waals surface area contributed by atoms with Crippen molar-refractivity contribution in [2.75, 3.05) is 6.54 Å². The van der Waals surface area contributed by atoms with Crippen LogP contribution in [0.4, 0.5) is 0 Å². The molecule has 2 rings (SSSR count). The quantitative estimate of drug-likeness (QED) is 0.880. The molecule has 0 spiro atoms. The molecule has 0 bridgehead atoms. The van der Waals surface area contributed by atoms with E-state index in [2.05, 4.69) is 33.4 Å². The number of halogens is 2. The van der Waals surface area contributed by atoms with Gasteiger partial charge in [-0.05, 0) is 37.5 Å². The number of nitrogens with one attached hydrogen (secondary N) is 1. The normalized spacial score (nSPS) is 17.8. The molecule has 1 aromatic carbocycles. The van der Waals surface area contributed by atoms with E-state index in [1.54, 1.807) is 6.92 Å². The average molecular weight is 348 g/mol. The molecule has 3 nitrogen and oxygen atoms in total. The van der Waals surface area contributed by atoms with Crippen LogP contribution in [-0.2, 0) is 10.2 Å². The zero-order chi connectivity index (χ0) is 13.2. The van der Waals surface area contributed by atoms with Crippen LogP contribution in [0.2, 0.25) is 0 Å². The van der Waals surface area contributed by atoms with Crippen LogP contribution in [0.1, 0.15) is 31.7 Å². The lowest BCUT2D eigenvalue weighted by atomic mass is 9.64. The van der Waals surface area contributed by atoms with E-state index < -0.39 is 6.04 Å². The summed E-state index contributed by atoms with van der Waals surface area (Å²) in [5.41, 5.74) is 6.97. The first-order chi connectivity index (χ1) is 8.53. The summed E-state index contributed by atoms with van der Waals surface area (Å²) in [6, 6.07) is 7.92. The average Bonchev–Trinajstić information content (AvgIpc) is 2.27. The number of hydrogen-bond donors (Lipinski definition) is 2. The summed E-state index contributed by atoms with van der Waals surface area (Å²) in [5, 5.41) is 2.96. The Morgan fingerprint density at radius 3 is 2.68 bits per heavy atom. The maximum absolute atomic E-state index is 11.6. The summed E-state index contributed by atoms with van der Waals surface area (Å²) >= 11 is 3.50. The van der Waals surface area contributed by atoms with E-state index in [1.165, 1.54) is 12.0 Å². The lowest BCUT2D eigenvalue weighted by Crippen LogP contribution is -2.49. The fourth-order valence-corrected chi connectivity index (χ4v) is 2.81. The third-order valence-electron chi connectivity index (χ3n) is 3.76. The molecule has 1 aliphatic rings. The SMILES string of the molecule is C[C@H](N)C(=O)NCC1(c2cccc(Br)c2)CCC1.Cl. The number of nitrogens with two attached hydrogens (primary N) is 1. The molecule has 3 N–H and O–H groups in total. The molecule has 0 aromatic heterocycles. The van der Waals surface area contributed by atoms with Crippen LogP contribution in [0.15, 0.2) is 28.7 Å². The molecule has 1 aromatic rings. The lowest BCUT2D eigenvalue weighted by molar-refractivity contribution is -0.122. The van der Waals surface area contributed by atoms with Gasteiger partial charge in [0.25, 0.3) is 0 Å². The Morgan fingerprint density at radius 1 is 1.53 bits per heavy atom. The highest BCUT2D eigenvalue weighted by molar-refractivity contribution is 9.10. The lowest BCUT2D eigenvalue weighted by Gasteiger charge is -2.42. The van der Waals surface area contributed by atoms with Crippen LogP contribution < -0.4 is 11.1 Å². The number of amides is 1. The highest BCUT2D eigenvalue weighted by Gasteiger charge is 2.39. The molecule has 0 unspecified atom stereocenters. The minimum absolute atomic E-state index is 0. The van der Waals surface area contributed by atoms with Gasteiger partial charge in [0, 0.05) is 16.4 Å². The molecule has 1 fully saturated rings. The Kier molecular flexibility index (Phi) is 5.83. The molecule has 19 heavy (non-hydrogen) atoms. The number of carbonyl (C=O) groups excluding carboxylic acids is 1. The highest BCUT2D eigenvalue weighted by atomic mass is 79.9. The second-order valence-corrected chi connectivity index (χ2v) is 6.07. The van der Waals surface area contributed by atoms with Crippen molar-refractivity contribution in [2.24, 2.45) is 5.73 Å². The maximum Gasteiger partial charge on any atom is 0.236 e. The molecule has 106 valence electrons. The maximum atomic E-state index is 11.6. The van der Waals surface area contributed by atoms with Crippen LogP contribution in [0.3, 0.4) is 0 Å². The minimum atomic E-state index is -0.440. The van der Waals surface area contributed by atoms with Crippen molar-refractivity contribution in [3.05, 3.63) is 34.3 Å². The molecular weight excluding hydrogens is 328 g/mol. The molecule has 0 aliphatic heterocycles. The van der Waals surface area contributed by atoms with Crippen molar-refractivity contribution in [2.45, 2.75) is 37.6 Å². The molecule has 1 amide bonds. The van der Waals surface area contributed by atoms with Crippen molar-refractivity contribution in [1.29, 1.82) is 0 Å². The fraction of sp³-hybridized carbons (Fsp3) is 0.500. The predicted octanol–water partition coefficient (Wildman–Crippen LogP) is 2.76. The molecule has 0 saturated heterocycles. The van der Waals surface area contributed by atoms with Crippen molar-refractivity contribution in [3.63, 3.8) is 0 Å². The van der Waals surface area contributed by atoms with Gasteiger partial charge in [0.1, 0.15) is 0 Å². The van der Waals surface area contributed by atoms with Crippen LogP contribution >= 0.6 is 28.3 Å². The third-order valence-corrected chi connectivity index (χ3v) is 4.26. The number of rotatable bonds is 4. The van der Waals surface area contributed by atoms with Gasteiger partial charge in [-0.25, -0.2) is 0 Å². The summed E-state index contributed by atoms with van der Waals surface area (Å²) in [6.07, 6.45) is 3.48. The van der Waals surface area contributed by atoms with Crippen molar-refractivity contribution >= 4 is 34.2 Å². The van der Waals surface area contributed by atoms with E-state index in [-0.39, 0.29) is 23.7 Å². The Balaban J connectivity index is 0.00000180. The van der Waals surface area contributed by atoms with E-state index >= 15 is 0 Å². The van der Waals surface area contributed by atoms with Gasteiger partial charge in [0.05, 0.1) is 6.04 Å². The summed E-state index contributed by atoms with van der Waals surface area (Å²) in [4.78, 5) is 11.6. The molecule has 5 heteroatoms. The second-order valence-electron chi connectivity index (χ2n) is 5.15. The van der Waals surface area contributed by atoms with E-state index in [4.69, 9.17) is 5.73 Å². The standard InChI is InChI=1S/C14H19BrN2O.ClH/c1-10(16)13(18)17-9-14(6-3-7-14)11-4-2-5-12(15)8-11;/h2,4-5,8,10H,3,6-7,9,16H2,1H3,(H,17,18);1H/t10-;/m0./s1. The Hall–Kier alpha value is -0.580. The fourth-order valence-electron chi connectivity index (χ4n) is 2.41. The third kappa shape index (κ3) is 3.71. The summed E-state index contributed by atoms with van der Waals surface area (Å²) in [7, 11) is 0. The molecule has 0 heterocycles. The Morgan fingerprint density at radius 2 is 2.21 bits per heavy atom. The van der Waals surface area contributed by atoms with E-state index in [0.717, 1.165) is 17.3 Å². The van der Waals surface area contributed by atoms with Gasteiger partial charge in [0.15, 0.2) is 0 Å². The van der Waals surface area contributed by atoms with E-state index in [9.17, 15) is 4.79 Å². The van der Waals surface area contributed by atoms with E-state index in [0.29, 0.717) is 6.54 Å². The molecule has 1 atom stereocenters. The van der Waals surface area contributed by atoms with Gasteiger partial charge in [0.2, 0.25) is 5.91 Å². The van der Waals surface area contributed by atoms with Crippen molar-refractivity contribution in [1.82, 2.24) is 5.32 Å². The van der Waals surface area contributed by atoms with Crippen LogP contribution in [0.5, 0.6) is 0 Å². The largest absolute Gasteiger partial charge is 0.354 e. The minimum Gasteiger partial charge on any atom is -0.354 e. The summed E-state index contributed by atoms with van der Waals surface area (Å²) < 4.78 is 1.09. The first kappa shape index (κ1) is 16.5. The molecule has 0 radical (unpaired) electrons. The summed E-state index contributed by atoms with van der Waals surface area (Å²) in [5.74, 6) is -0.0729. The van der Waals surface area contributed by atoms with Crippen LogP contribution in [0, 0.1) is 0 Å². The number of hydrogen-bond acceptors (Lipinski definition) is 2. The highest BCUT2D eigenvalue weighted by Crippen LogP contribution is 2.43. The zero-order valence-corrected chi connectivity index (χ0v) is 13.4. The van der Waals surface area contributed by atoms with Crippen molar-refractivity contribution in [3.8, 4) is 0 Å². The second kappa shape index (κ2) is 6.73. The summed E-state index contributed by atoms with van der Waals surface area (Å²) in [6.45, 7) is 2.39. The smallest absolute Gasteiger partial charge is 0.236 e. The Labute approximate surface area is 128 Å².